The molecule has 0 bridgehead atoms. The number of rotatable bonds is 1. The van der Waals surface area contributed by atoms with E-state index >= 15 is 0 Å². The molecule has 0 unspecified atom stereocenters. The maximum atomic E-state index is 11.5. The van der Waals surface area contributed by atoms with Gasteiger partial charge in [-0.3, -0.25) is 4.84 Å². The minimum Gasteiger partial charge on any atom is -0.868 e. The highest BCUT2D eigenvalue weighted by Crippen LogP contribution is 2.18. The molecular weight excluding hydrogens is 166 g/mol. The number of hydrogen-bond donors (Lipinski definition) is 0. The number of pyridine rings is 1. The molecule has 0 N–H and O–H groups in total. The van der Waals surface area contributed by atoms with Crippen LogP contribution < -0.4 is 14.7 Å². The van der Waals surface area contributed by atoms with Crippen LogP contribution in [0.4, 0.5) is 0 Å². The lowest BCUT2D eigenvalue weighted by molar-refractivity contribution is -0.885. The van der Waals surface area contributed by atoms with Gasteiger partial charge in [0.2, 0.25) is 12.4 Å². The van der Waals surface area contributed by atoms with Gasteiger partial charge in [0.15, 0.2) is 0 Å². The van der Waals surface area contributed by atoms with E-state index in [1.165, 1.54) is 18.0 Å². The van der Waals surface area contributed by atoms with Crippen molar-refractivity contribution in [1.82, 2.24) is 0 Å². The van der Waals surface area contributed by atoms with Crippen molar-refractivity contribution < 1.29 is 14.7 Å². The lowest BCUT2D eigenvalue weighted by Crippen LogP contribution is -2.39. The lowest BCUT2D eigenvalue weighted by atomic mass is 10.2. The molecule has 0 fully saturated rings. The maximum absolute atomic E-state index is 11.5. The van der Waals surface area contributed by atoms with E-state index in [1.807, 2.05) is 18.2 Å². The van der Waals surface area contributed by atoms with Crippen LogP contribution in [0.5, 0.6) is 5.75 Å². The first-order chi connectivity index (χ1) is 6.31. The number of aromatic nitrogens is 1. The first-order valence-electron chi connectivity index (χ1n) is 3.97. The second-order valence-corrected chi connectivity index (χ2v) is 2.75. The van der Waals surface area contributed by atoms with Crippen molar-refractivity contribution in [2.45, 2.75) is 0 Å². The molecule has 3 nitrogen and oxygen atoms in total. The van der Waals surface area contributed by atoms with Gasteiger partial charge in [-0.2, -0.15) is 0 Å². The zero-order valence-electron chi connectivity index (χ0n) is 7.23. The standard InChI is InChI=1S/C10H9NO2/c1-13-11-6-8-4-2-3-5-9(8)10(12)7-11/h2-7H,1H3. The van der Waals surface area contributed by atoms with Gasteiger partial charge in [0.25, 0.3) is 0 Å². The van der Waals surface area contributed by atoms with Gasteiger partial charge in [0, 0.05) is 4.73 Å². The smallest absolute Gasteiger partial charge is 0.230 e. The van der Waals surface area contributed by atoms with Crippen LogP contribution in [-0.4, -0.2) is 7.11 Å². The summed E-state index contributed by atoms with van der Waals surface area (Å²) in [6.07, 6.45) is 3.19. The van der Waals surface area contributed by atoms with Gasteiger partial charge in [-0.15, -0.1) is 0 Å². The van der Waals surface area contributed by atoms with Crippen LogP contribution in [-0.2, 0) is 0 Å². The van der Waals surface area contributed by atoms with Crippen molar-refractivity contribution in [2.24, 2.45) is 0 Å². The van der Waals surface area contributed by atoms with E-state index in [4.69, 9.17) is 4.84 Å². The summed E-state index contributed by atoms with van der Waals surface area (Å²) in [5.41, 5.74) is 0. The minimum absolute atomic E-state index is 0.0278. The number of fused-ring (bicyclic) bond motifs is 1. The SMILES string of the molecule is CO[n+]1cc([O-])c2ccccc2c1. The van der Waals surface area contributed by atoms with Crippen LogP contribution in [0.1, 0.15) is 0 Å². The van der Waals surface area contributed by atoms with Crippen LogP contribution in [0.15, 0.2) is 36.7 Å². The van der Waals surface area contributed by atoms with Crippen LogP contribution in [0.25, 0.3) is 10.8 Å². The fourth-order valence-electron chi connectivity index (χ4n) is 1.30. The third kappa shape index (κ3) is 1.28. The Morgan fingerprint density at radius 2 is 2.00 bits per heavy atom. The molecule has 0 aliphatic rings. The summed E-state index contributed by atoms with van der Waals surface area (Å²) in [7, 11) is 1.52. The molecule has 1 aromatic heterocycles. The Bertz CT molecular complexity index is 440. The Morgan fingerprint density at radius 1 is 1.23 bits per heavy atom. The van der Waals surface area contributed by atoms with Crippen molar-refractivity contribution >= 4 is 10.8 Å². The van der Waals surface area contributed by atoms with E-state index in [0.717, 1.165) is 10.8 Å². The topological polar surface area (TPSA) is 36.2 Å². The van der Waals surface area contributed by atoms with Gasteiger partial charge in [-0.05, 0) is 17.2 Å². The van der Waals surface area contributed by atoms with Crippen molar-refractivity contribution in [3.05, 3.63) is 36.7 Å². The summed E-state index contributed by atoms with van der Waals surface area (Å²) in [5.74, 6) is -0.0278. The van der Waals surface area contributed by atoms with E-state index in [-0.39, 0.29) is 5.75 Å². The first kappa shape index (κ1) is 7.86. The molecule has 0 radical (unpaired) electrons. The van der Waals surface area contributed by atoms with Crippen LogP contribution in [0.2, 0.25) is 0 Å². The van der Waals surface area contributed by atoms with Gasteiger partial charge >= 0.3 is 0 Å². The highest BCUT2D eigenvalue weighted by Gasteiger charge is 2.02. The van der Waals surface area contributed by atoms with Crippen molar-refractivity contribution in [3.8, 4) is 5.75 Å². The highest BCUT2D eigenvalue weighted by atomic mass is 16.6. The van der Waals surface area contributed by atoms with Crippen LogP contribution >= 0.6 is 0 Å². The quantitative estimate of drug-likeness (QED) is 0.583. The Labute approximate surface area is 75.8 Å². The summed E-state index contributed by atoms with van der Waals surface area (Å²) < 4.78 is 1.41. The Balaban J connectivity index is 2.77. The molecule has 3 heteroatoms. The molecule has 0 saturated heterocycles. The molecular formula is C10H9NO2. The number of benzene rings is 1. The molecule has 0 amide bonds. The van der Waals surface area contributed by atoms with E-state index < -0.39 is 0 Å². The summed E-state index contributed by atoms with van der Waals surface area (Å²) in [6.45, 7) is 0. The maximum Gasteiger partial charge on any atom is 0.230 e. The third-order valence-electron chi connectivity index (χ3n) is 1.95. The van der Waals surface area contributed by atoms with Gasteiger partial charge in [-0.1, -0.05) is 18.2 Å². The summed E-state index contributed by atoms with van der Waals surface area (Å²) in [5, 5.41) is 13.1. The van der Waals surface area contributed by atoms with Crippen LogP contribution in [0.3, 0.4) is 0 Å². The van der Waals surface area contributed by atoms with Crippen molar-refractivity contribution in [2.75, 3.05) is 7.11 Å². The molecule has 0 aliphatic heterocycles. The minimum atomic E-state index is -0.0278. The van der Waals surface area contributed by atoms with Gasteiger partial charge < -0.3 is 5.11 Å². The molecule has 2 aromatic rings. The number of hydrogen-bond acceptors (Lipinski definition) is 2. The average Bonchev–Trinajstić information content (AvgIpc) is 2.18. The normalized spacial score (nSPS) is 10.2. The first-order valence-corrected chi connectivity index (χ1v) is 3.97. The van der Waals surface area contributed by atoms with Gasteiger partial charge in [0.05, 0.1) is 5.39 Å². The molecule has 0 saturated carbocycles. The third-order valence-corrected chi connectivity index (χ3v) is 1.95. The molecule has 1 heterocycles. The monoisotopic (exact) mass is 175 g/mol. The molecule has 2 rings (SSSR count). The van der Waals surface area contributed by atoms with E-state index in [0.29, 0.717) is 0 Å². The van der Waals surface area contributed by atoms with E-state index in [9.17, 15) is 5.11 Å². The Kier molecular flexibility index (Phi) is 1.77. The van der Waals surface area contributed by atoms with Crippen molar-refractivity contribution in [1.29, 1.82) is 0 Å². The summed E-state index contributed by atoms with van der Waals surface area (Å²) in [4.78, 5) is 4.92. The molecule has 66 valence electrons. The molecule has 1 aromatic carbocycles. The summed E-state index contributed by atoms with van der Waals surface area (Å²) >= 11 is 0. The van der Waals surface area contributed by atoms with Gasteiger partial charge in [-0.25, -0.2) is 0 Å². The lowest BCUT2D eigenvalue weighted by Gasteiger charge is -2.06. The molecule has 0 spiro atoms. The zero-order valence-corrected chi connectivity index (χ0v) is 7.23. The second kappa shape index (κ2) is 2.94. The molecule has 0 aliphatic carbocycles. The predicted molar refractivity (Wildman–Crippen MR) is 46.1 cm³/mol. The molecule has 13 heavy (non-hydrogen) atoms. The zero-order chi connectivity index (χ0) is 9.26. The Hall–Kier alpha value is -1.77. The fraction of sp³-hybridized carbons (Fsp3) is 0.100. The molecule has 0 atom stereocenters. The number of nitrogens with zero attached hydrogens (tertiary/aromatic N) is 1. The second-order valence-electron chi connectivity index (χ2n) is 2.75. The highest BCUT2D eigenvalue weighted by molar-refractivity contribution is 5.85. The summed E-state index contributed by atoms with van der Waals surface area (Å²) in [6, 6.07) is 7.42. The fourth-order valence-corrected chi connectivity index (χ4v) is 1.30. The average molecular weight is 175 g/mol. The van der Waals surface area contributed by atoms with E-state index in [2.05, 4.69) is 0 Å². The Morgan fingerprint density at radius 3 is 2.77 bits per heavy atom. The largest absolute Gasteiger partial charge is 0.868 e. The van der Waals surface area contributed by atoms with E-state index in [1.54, 1.807) is 12.3 Å². The van der Waals surface area contributed by atoms with Gasteiger partial charge in [0.1, 0.15) is 7.11 Å². The van der Waals surface area contributed by atoms with Crippen molar-refractivity contribution in [3.63, 3.8) is 0 Å². The predicted octanol–water partition coefficient (Wildman–Crippen LogP) is 0.259. The van der Waals surface area contributed by atoms with Crippen LogP contribution in [0, 0.1) is 0 Å².